The van der Waals surface area contributed by atoms with Gasteiger partial charge in [-0.15, -0.1) is 0 Å². The SMILES string of the molecule is CCOc1ccc(C2=C(N(CC)c3ccccc3)C(=O)N(Cc3ccccc3F)C2=O)cc1. The van der Waals surface area contributed by atoms with Gasteiger partial charge in [0.1, 0.15) is 17.3 Å². The summed E-state index contributed by atoms with van der Waals surface area (Å²) in [6.45, 7) is 4.69. The van der Waals surface area contributed by atoms with E-state index in [1.54, 1.807) is 42.5 Å². The zero-order valence-electron chi connectivity index (χ0n) is 18.6. The van der Waals surface area contributed by atoms with Crippen LogP contribution in [0.15, 0.2) is 84.6 Å². The molecular formula is C27H25FN2O3. The lowest BCUT2D eigenvalue weighted by Crippen LogP contribution is -2.35. The fourth-order valence-corrected chi connectivity index (χ4v) is 3.98. The van der Waals surface area contributed by atoms with Crippen LogP contribution in [0.25, 0.3) is 5.57 Å². The predicted octanol–water partition coefficient (Wildman–Crippen LogP) is 5.03. The van der Waals surface area contributed by atoms with Gasteiger partial charge in [-0.3, -0.25) is 14.5 Å². The van der Waals surface area contributed by atoms with Crippen LogP contribution in [0.4, 0.5) is 10.1 Å². The van der Waals surface area contributed by atoms with Crippen LogP contribution in [0.5, 0.6) is 5.75 Å². The Morgan fingerprint density at radius 1 is 0.848 bits per heavy atom. The number of hydrogen-bond donors (Lipinski definition) is 0. The minimum Gasteiger partial charge on any atom is -0.494 e. The second-order valence-electron chi connectivity index (χ2n) is 7.55. The van der Waals surface area contributed by atoms with Crippen LogP contribution in [-0.2, 0) is 16.1 Å². The van der Waals surface area contributed by atoms with Crippen molar-refractivity contribution in [3.05, 3.63) is 102 Å². The summed E-state index contributed by atoms with van der Waals surface area (Å²) < 4.78 is 19.9. The molecule has 1 aliphatic heterocycles. The molecule has 0 fully saturated rings. The molecule has 3 aromatic rings. The van der Waals surface area contributed by atoms with E-state index in [9.17, 15) is 14.0 Å². The molecule has 2 amide bonds. The minimum absolute atomic E-state index is 0.138. The van der Waals surface area contributed by atoms with Crippen LogP contribution >= 0.6 is 0 Å². The number of para-hydroxylation sites is 1. The monoisotopic (exact) mass is 444 g/mol. The molecular weight excluding hydrogens is 419 g/mol. The number of carbonyl (C=O) groups is 2. The lowest BCUT2D eigenvalue weighted by Gasteiger charge is -2.25. The third-order valence-corrected chi connectivity index (χ3v) is 5.54. The summed E-state index contributed by atoms with van der Waals surface area (Å²) in [6.07, 6.45) is 0. The maximum absolute atomic E-state index is 14.3. The molecule has 1 aliphatic rings. The fourth-order valence-electron chi connectivity index (χ4n) is 3.98. The Labute approximate surface area is 192 Å². The third-order valence-electron chi connectivity index (χ3n) is 5.54. The third kappa shape index (κ3) is 4.37. The number of amides is 2. The molecule has 4 rings (SSSR count). The smallest absolute Gasteiger partial charge is 0.278 e. The van der Waals surface area contributed by atoms with Gasteiger partial charge >= 0.3 is 0 Å². The first-order valence-corrected chi connectivity index (χ1v) is 10.9. The summed E-state index contributed by atoms with van der Waals surface area (Å²) in [5, 5.41) is 0. The lowest BCUT2D eigenvalue weighted by atomic mass is 10.0. The number of rotatable bonds is 8. The first-order chi connectivity index (χ1) is 16.0. The van der Waals surface area contributed by atoms with Crippen molar-refractivity contribution in [3.8, 4) is 5.75 Å². The minimum atomic E-state index is -0.454. The second kappa shape index (κ2) is 9.69. The van der Waals surface area contributed by atoms with Crippen molar-refractivity contribution < 1.29 is 18.7 Å². The van der Waals surface area contributed by atoms with Gasteiger partial charge in [0, 0.05) is 17.8 Å². The molecule has 0 bridgehead atoms. The van der Waals surface area contributed by atoms with E-state index in [0.29, 0.717) is 30.0 Å². The van der Waals surface area contributed by atoms with E-state index in [2.05, 4.69) is 0 Å². The van der Waals surface area contributed by atoms with Crippen molar-refractivity contribution in [1.82, 2.24) is 4.90 Å². The summed E-state index contributed by atoms with van der Waals surface area (Å²) >= 11 is 0. The Morgan fingerprint density at radius 2 is 1.52 bits per heavy atom. The highest BCUT2D eigenvalue weighted by molar-refractivity contribution is 6.36. The lowest BCUT2D eigenvalue weighted by molar-refractivity contribution is -0.137. The summed E-state index contributed by atoms with van der Waals surface area (Å²) in [6, 6.07) is 22.7. The van der Waals surface area contributed by atoms with Crippen LogP contribution in [-0.4, -0.2) is 29.9 Å². The van der Waals surface area contributed by atoms with Crippen molar-refractivity contribution in [1.29, 1.82) is 0 Å². The molecule has 0 saturated carbocycles. The summed E-state index contributed by atoms with van der Waals surface area (Å²) in [4.78, 5) is 30.1. The molecule has 1 heterocycles. The van der Waals surface area contributed by atoms with Gasteiger partial charge in [0.05, 0.1) is 18.7 Å². The Kier molecular flexibility index (Phi) is 6.54. The van der Waals surface area contributed by atoms with Crippen molar-refractivity contribution in [2.45, 2.75) is 20.4 Å². The molecule has 0 N–H and O–H groups in total. The second-order valence-corrected chi connectivity index (χ2v) is 7.55. The van der Waals surface area contributed by atoms with Gasteiger partial charge in [0.25, 0.3) is 11.8 Å². The van der Waals surface area contributed by atoms with E-state index in [1.807, 2.05) is 49.1 Å². The molecule has 0 spiro atoms. The Bertz CT molecular complexity index is 1190. The van der Waals surface area contributed by atoms with Crippen molar-refractivity contribution in [3.63, 3.8) is 0 Å². The topological polar surface area (TPSA) is 49.9 Å². The Balaban J connectivity index is 1.81. The molecule has 0 aliphatic carbocycles. The van der Waals surface area contributed by atoms with Crippen LogP contribution in [0.1, 0.15) is 25.0 Å². The molecule has 6 heteroatoms. The van der Waals surface area contributed by atoms with Gasteiger partial charge in [0.15, 0.2) is 0 Å². The van der Waals surface area contributed by atoms with E-state index < -0.39 is 17.6 Å². The van der Waals surface area contributed by atoms with Crippen molar-refractivity contribution >= 4 is 23.1 Å². The number of halogens is 1. The summed E-state index contributed by atoms with van der Waals surface area (Å²) in [7, 11) is 0. The number of nitrogens with zero attached hydrogens (tertiary/aromatic N) is 2. The molecule has 168 valence electrons. The molecule has 0 saturated heterocycles. The molecule has 33 heavy (non-hydrogen) atoms. The number of anilines is 1. The fraction of sp³-hybridized carbons (Fsp3) is 0.185. The molecule has 0 unspecified atom stereocenters. The molecule has 0 atom stereocenters. The maximum Gasteiger partial charge on any atom is 0.278 e. The van der Waals surface area contributed by atoms with Gasteiger partial charge in [-0.2, -0.15) is 0 Å². The number of benzene rings is 3. The first-order valence-electron chi connectivity index (χ1n) is 10.9. The van der Waals surface area contributed by atoms with Crippen LogP contribution in [0, 0.1) is 5.82 Å². The van der Waals surface area contributed by atoms with E-state index >= 15 is 0 Å². The normalized spacial score (nSPS) is 13.6. The van der Waals surface area contributed by atoms with Crippen molar-refractivity contribution in [2.75, 3.05) is 18.1 Å². The highest BCUT2D eigenvalue weighted by atomic mass is 19.1. The number of ether oxygens (including phenoxy) is 1. The summed E-state index contributed by atoms with van der Waals surface area (Å²) in [5.41, 5.74) is 2.28. The zero-order valence-corrected chi connectivity index (χ0v) is 18.6. The van der Waals surface area contributed by atoms with E-state index in [-0.39, 0.29) is 17.8 Å². The largest absolute Gasteiger partial charge is 0.494 e. The molecule has 0 radical (unpaired) electrons. The van der Waals surface area contributed by atoms with Crippen LogP contribution in [0.2, 0.25) is 0 Å². The van der Waals surface area contributed by atoms with Crippen LogP contribution < -0.4 is 9.64 Å². The average molecular weight is 445 g/mol. The standard InChI is InChI=1S/C27H25FN2O3/c1-3-29(21-11-6-5-7-12-21)25-24(19-14-16-22(17-15-19)33-4-2)26(31)30(27(25)32)18-20-10-8-9-13-23(20)28/h5-17H,3-4,18H2,1-2H3. The van der Waals surface area contributed by atoms with Gasteiger partial charge in [-0.05, 0) is 49.7 Å². The maximum atomic E-state index is 14.3. The Hall–Kier alpha value is -3.93. The van der Waals surface area contributed by atoms with Crippen molar-refractivity contribution in [2.24, 2.45) is 0 Å². The van der Waals surface area contributed by atoms with E-state index in [1.165, 1.54) is 6.07 Å². The zero-order chi connectivity index (χ0) is 23.4. The average Bonchev–Trinajstić information content (AvgIpc) is 3.07. The number of likely N-dealkylation sites (N-methyl/N-ethyl adjacent to an activating group) is 1. The van der Waals surface area contributed by atoms with E-state index in [4.69, 9.17) is 4.74 Å². The number of hydrogen-bond acceptors (Lipinski definition) is 4. The molecule has 0 aromatic heterocycles. The van der Waals surface area contributed by atoms with Gasteiger partial charge < -0.3 is 9.64 Å². The summed E-state index contributed by atoms with van der Waals surface area (Å²) in [5.74, 6) is -0.669. The van der Waals surface area contributed by atoms with E-state index in [0.717, 1.165) is 10.6 Å². The highest BCUT2D eigenvalue weighted by Crippen LogP contribution is 2.35. The quantitative estimate of drug-likeness (QED) is 0.457. The number of carbonyl (C=O) groups excluding carboxylic acids is 2. The number of imide groups is 1. The first kappa shape index (κ1) is 22.3. The van der Waals surface area contributed by atoms with Gasteiger partial charge in [-0.1, -0.05) is 48.5 Å². The highest BCUT2D eigenvalue weighted by Gasteiger charge is 2.41. The van der Waals surface area contributed by atoms with Crippen LogP contribution in [0.3, 0.4) is 0 Å². The predicted molar refractivity (Wildman–Crippen MR) is 126 cm³/mol. The Morgan fingerprint density at radius 3 is 2.15 bits per heavy atom. The van der Waals surface area contributed by atoms with Gasteiger partial charge in [-0.25, -0.2) is 4.39 Å². The molecule has 3 aromatic carbocycles. The van der Waals surface area contributed by atoms with Gasteiger partial charge in [0.2, 0.25) is 0 Å². The molecule has 5 nitrogen and oxygen atoms in total.